The van der Waals surface area contributed by atoms with E-state index in [1.54, 1.807) is 42.5 Å². The van der Waals surface area contributed by atoms with Crippen LogP contribution in [0.4, 0.5) is 5.69 Å². The van der Waals surface area contributed by atoms with E-state index in [9.17, 15) is 18.0 Å². The Morgan fingerprint density at radius 3 is 2.14 bits per heavy atom. The summed E-state index contributed by atoms with van der Waals surface area (Å²) in [6, 6.07) is 19.8. The normalized spacial score (nSPS) is 11.9. The minimum atomic E-state index is -3.89. The molecule has 0 heterocycles. The number of carbonyl (C=O) groups is 2. The van der Waals surface area contributed by atoms with Crippen LogP contribution in [0, 0.1) is 0 Å². The monoisotopic (exact) mass is 633 g/mol. The molecule has 0 unspecified atom stereocenters. The standard InChI is InChI=1S/C31H37Cl2N3O5S/c1-4-6-19-34-31(38)29(20-23-11-8-7-9-12-23)35(21-26-27(32)13-10-14-28(26)33)30(37)22-36(42(3,39)40)24-15-17-25(18-16-24)41-5-2/h7-18,29H,4-6,19-22H2,1-3H3,(H,34,38)/t29-/m1/s1. The number of halogens is 2. The third kappa shape index (κ3) is 9.37. The molecule has 8 nitrogen and oxygen atoms in total. The van der Waals surface area contributed by atoms with Crippen LogP contribution in [0.2, 0.25) is 10.0 Å². The van der Waals surface area contributed by atoms with Gasteiger partial charge in [0.1, 0.15) is 18.3 Å². The average molecular weight is 635 g/mol. The maximum atomic E-state index is 14.2. The molecule has 3 aromatic rings. The first-order valence-electron chi connectivity index (χ1n) is 13.8. The number of nitrogens with zero attached hydrogens (tertiary/aromatic N) is 2. The molecular formula is C31H37Cl2N3O5S. The molecule has 0 aliphatic heterocycles. The van der Waals surface area contributed by atoms with E-state index in [-0.39, 0.29) is 24.6 Å². The van der Waals surface area contributed by atoms with Crippen molar-refractivity contribution in [2.75, 3.05) is 30.3 Å². The molecule has 0 bridgehead atoms. The van der Waals surface area contributed by atoms with E-state index < -0.39 is 28.5 Å². The number of nitrogens with one attached hydrogen (secondary N) is 1. The van der Waals surface area contributed by atoms with Crippen molar-refractivity contribution in [3.8, 4) is 5.75 Å². The van der Waals surface area contributed by atoms with Crippen LogP contribution in [-0.2, 0) is 32.6 Å². The summed E-state index contributed by atoms with van der Waals surface area (Å²) in [6.45, 7) is 4.12. The SMILES string of the molecule is CCCCNC(=O)[C@@H](Cc1ccccc1)N(Cc1c(Cl)cccc1Cl)C(=O)CN(c1ccc(OCC)cc1)S(C)(=O)=O. The van der Waals surface area contributed by atoms with Gasteiger partial charge in [-0.15, -0.1) is 0 Å². The second-order valence-corrected chi connectivity index (χ2v) is 12.5. The van der Waals surface area contributed by atoms with Crippen LogP contribution in [0.1, 0.15) is 37.8 Å². The van der Waals surface area contributed by atoms with Crippen LogP contribution in [0.15, 0.2) is 72.8 Å². The zero-order chi connectivity index (χ0) is 30.7. The summed E-state index contributed by atoms with van der Waals surface area (Å²) in [4.78, 5) is 29.2. The molecule has 226 valence electrons. The van der Waals surface area contributed by atoms with Gasteiger partial charge in [-0.05, 0) is 55.3 Å². The van der Waals surface area contributed by atoms with Crippen molar-refractivity contribution in [2.45, 2.75) is 45.7 Å². The number of unbranched alkanes of at least 4 members (excludes halogenated alkanes) is 1. The summed E-state index contributed by atoms with van der Waals surface area (Å²) in [5, 5.41) is 3.60. The highest BCUT2D eigenvalue weighted by atomic mass is 35.5. The Balaban J connectivity index is 2.06. The van der Waals surface area contributed by atoms with Crippen LogP contribution < -0.4 is 14.4 Å². The Morgan fingerprint density at radius 1 is 0.929 bits per heavy atom. The Morgan fingerprint density at radius 2 is 1.57 bits per heavy atom. The molecule has 0 radical (unpaired) electrons. The Hall–Kier alpha value is -3.27. The second-order valence-electron chi connectivity index (χ2n) is 9.77. The quantitative estimate of drug-likeness (QED) is 0.216. The fourth-order valence-electron chi connectivity index (χ4n) is 4.40. The van der Waals surface area contributed by atoms with Crippen molar-refractivity contribution in [3.05, 3.63) is 94.0 Å². The van der Waals surface area contributed by atoms with Crippen LogP contribution in [-0.4, -0.2) is 57.1 Å². The Labute approximate surface area is 258 Å². The van der Waals surface area contributed by atoms with Gasteiger partial charge in [0.05, 0.1) is 18.6 Å². The van der Waals surface area contributed by atoms with Crippen molar-refractivity contribution < 1.29 is 22.7 Å². The summed E-state index contributed by atoms with van der Waals surface area (Å²) in [5.74, 6) is -0.365. The molecule has 1 atom stereocenters. The van der Waals surface area contributed by atoms with E-state index in [2.05, 4.69) is 5.32 Å². The lowest BCUT2D eigenvalue weighted by atomic mass is 10.0. The van der Waals surface area contributed by atoms with Gasteiger partial charge >= 0.3 is 0 Å². The van der Waals surface area contributed by atoms with Gasteiger partial charge in [-0.2, -0.15) is 0 Å². The maximum Gasteiger partial charge on any atom is 0.244 e. The average Bonchev–Trinajstić information content (AvgIpc) is 2.95. The molecule has 3 aromatic carbocycles. The minimum Gasteiger partial charge on any atom is -0.494 e. The van der Waals surface area contributed by atoms with Crippen LogP contribution in [0.3, 0.4) is 0 Å². The molecule has 42 heavy (non-hydrogen) atoms. The number of rotatable bonds is 15. The van der Waals surface area contributed by atoms with Crippen molar-refractivity contribution in [1.29, 1.82) is 0 Å². The molecule has 1 N–H and O–H groups in total. The minimum absolute atomic E-state index is 0.100. The highest BCUT2D eigenvalue weighted by Gasteiger charge is 2.33. The second kappa shape index (κ2) is 15.8. The molecule has 0 saturated carbocycles. The Kier molecular flexibility index (Phi) is 12.5. The number of ether oxygens (including phenoxy) is 1. The van der Waals surface area contributed by atoms with E-state index in [1.165, 1.54) is 4.90 Å². The lowest BCUT2D eigenvalue weighted by Crippen LogP contribution is -2.53. The number of hydrogen-bond acceptors (Lipinski definition) is 5. The van der Waals surface area contributed by atoms with Gasteiger partial charge < -0.3 is 15.0 Å². The van der Waals surface area contributed by atoms with E-state index in [0.29, 0.717) is 34.5 Å². The lowest BCUT2D eigenvalue weighted by Gasteiger charge is -2.34. The van der Waals surface area contributed by atoms with Crippen molar-refractivity contribution in [3.63, 3.8) is 0 Å². The zero-order valence-electron chi connectivity index (χ0n) is 24.1. The number of carbonyl (C=O) groups excluding carboxylic acids is 2. The molecular weight excluding hydrogens is 597 g/mol. The van der Waals surface area contributed by atoms with Gasteiger partial charge in [0.2, 0.25) is 21.8 Å². The number of hydrogen-bond donors (Lipinski definition) is 1. The third-order valence-electron chi connectivity index (χ3n) is 6.61. The van der Waals surface area contributed by atoms with Crippen LogP contribution in [0.25, 0.3) is 0 Å². The summed E-state index contributed by atoms with van der Waals surface area (Å²) in [5.41, 5.74) is 1.58. The smallest absolute Gasteiger partial charge is 0.244 e. The fourth-order valence-corrected chi connectivity index (χ4v) is 5.77. The number of benzene rings is 3. The van der Waals surface area contributed by atoms with Gasteiger partial charge in [-0.1, -0.05) is 72.9 Å². The van der Waals surface area contributed by atoms with Crippen molar-refractivity contribution in [1.82, 2.24) is 10.2 Å². The molecule has 2 amide bonds. The first kappa shape index (κ1) is 33.2. The maximum absolute atomic E-state index is 14.2. The third-order valence-corrected chi connectivity index (χ3v) is 8.45. The van der Waals surface area contributed by atoms with Gasteiger partial charge in [0, 0.05) is 35.1 Å². The van der Waals surface area contributed by atoms with E-state index >= 15 is 0 Å². The number of amides is 2. The van der Waals surface area contributed by atoms with Crippen LogP contribution in [0.5, 0.6) is 5.75 Å². The summed E-state index contributed by atoms with van der Waals surface area (Å²) < 4.78 is 32.4. The van der Waals surface area contributed by atoms with E-state index in [4.69, 9.17) is 27.9 Å². The molecule has 0 fully saturated rings. The summed E-state index contributed by atoms with van der Waals surface area (Å²) in [6.07, 6.45) is 2.89. The van der Waals surface area contributed by atoms with E-state index in [0.717, 1.165) is 29.0 Å². The molecule has 0 aromatic heterocycles. The number of anilines is 1. The van der Waals surface area contributed by atoms with Gasteiger partial charge in [-0.3, -0.25) is 13.9 Å². The number of sulfonamides is 1. The Bertz CT molecular complexity index is 1420. The molecule has 0 saturated heterocycles. The first-order valence-corrected chi connectivity index (χ1v) is 16.4. The molecule has 0 aliphatic rings. The van der Waals surface area contributed by atoms with Crippen molar-refractivity contribution in [2.24, 2.45) is 0 Å². The lowest BCUT2D eigenvalue weighted by molar-refractivity contribution is -0.140. The molecule has 3 rings (SSSR count). The van der Waals surface area contributed by atoms with Gasteiger partial charge in [-0.25, -0.2) is 8.42 Å². The van der Waals surface area contributed by atoms with Gasteiger partial charge in [0.25, 0.3) is 0 Å². The first-order chi connectivity index (χ1) is 20.0. The molecule has 0 aliphatic carbocycles. The van der Waals surface area contributed by atoms with Gasteiger partial charge in [0.15, 0.2) is 0 Å². The summed E-state index contributed by atoms with van der Waals surface area (Å²) >= 11 is 13.0. The van der Waals surface area contributed by atoms with Crippen LogP contribution >= 0.6 is 23.2 Å². The predicted molar refractivity (Wildman–Crippen MR) is 169 cm³/mol. The predicted octanol–water partition coefficient (Wildman–Crippen LogP) is 5.71. The van der Waals surface area contributed by atoms with Crippen molar-refractivity contribution >= 4 is 50.7 Å². The van der Waals surface area contributed by atoms with E-state index in [1.807, 2.05) is 44.2 Å². The highest BCUT2D eigenvalue weighted by molar-refractivity contribution is 7.92. The molecule has 0 spiro atoms. The summed E-state index contributed by atoms with van der Waals surface area (Å²) in [7, 11) is -3.89. The highest BCUT2D eigenvalue weighted by Crippen LogP contribution is 2.28. The topological polar surface area (TPSA) is 96.0 Å². The largest absolute Gasteiger partial charge is 0.494 e. The molecule has 11 heteroatoms. The zero-order valence-corrected chi connectivity index (χ0v) is 26.4. The fraction of sp³-hybridized carbons (Fsp3) is 0.355.